The number of hydrogen-bond donors (Lipinski definition) is 1. The number of non-ortho nitro benzene ring substituents is 1. The number of anilines is 2. The van der Waals surface area contributed by atoms with Gasteiger partial charge in [0.1, 0.15) is 12.2 Å². The fraction of sp³-hybridized carbons (Fsp3) is 0.500. The van der Waals surface area contributed by atoms with Crippen LogP contribution in [-0.2, 0) is 16.0 Å². The Hall–Kier alpha value is -4.22. The average Bonchev–Trinajstić information content (AvgIpc) is 3.32. The second kappa shape index (κ2) is 11.7. The number of morpholine rings is 2. The van der Waals surface area contributed by atoms with E-state index < -0.39 is 26.1 Å². The lowest BCUT2D eigenvalue weighted by Crippen LogP contribution is -2.40. The van der Waals surface area contributed by atoms with Crippen molar-refractivity contribution in [3.05, 3.63) is 54.9 Å². The van der Waals surface area contributed by atoms with Crippen molar-refractivity contribution in [1.29, 1.82) is 0 Å². The van der Waals surface area contributed by atoms with Crippen LogP contribution in [0.3, 0.4) is 0 Å². The number of nitrogens with one attached hydrogen (secondary N) is 1. The highest BCUT2D eigenvalue weighted by Crippen LogP contribution is 2.30. The molecule has 0 amide bonds. The van der Waals surface area contributed by atoms with Crippen LogP contribution in [0, 0.1) is 30.3 Å². The van der Waals surface area contributed by atoms with Crippen LogP contribution in [0.1, 0.15) is 0 Å². The van der Waals surface area contributed by atoms with Gasteiger partial charge in [0.25, 0.3) is 5.69 Å². The van der Waals surface area contributed by atoms with Gasteiger partial charge in [0.15, 0.2) is 6.33 Å². The zero-order valence-electron chi connectivity index (χ0n) is 19.7. The van der Waals surface area contributed by atoms with Gasteiger partial charge in [-0.3, -0.25) is 30.6 Å². The number of hydrazone groups is 1. The summed E-state index contributed by atoms with van der Waals surface area (Å²) in [7, 11) is 0. The molecule has 3 heterocycles. The summed E-state index contributed by atoms with van der Waals surface area (Å²) in [5, 5.41) is 38.8. The summed E-state index contributed by atoms with van der Waals surface area (Å²) in [5.74, 6) is 0.0379. The number of imidazole rings is 1. The largest absolute Gasteiger partial charge is 0.379 e. The molecule has 0 spiro atoms. The number of ether oxygens (including phenoxy) is 2. The summed E-state index contributed by atoms with van der Waals surface area (Å²) in [6.45, 7) is 4.36. The molecule has 1 aromatic heterocycles. The van der Waals surface area contributed by atoms with Crippen LogP contribution >= 0.6 is 0 Å². The van der Waals surface area contributed by atoms with Gasteiger partial charge in [0, 0.05) is 38.8 Å². The molecule has 0 atom stereocenters. The summed E-state index contributed by atoms with van der Waals surface area (Å²) in [4.78, 5) is 40.6. The van der Waals surface area contributed by atoms with E-state index in [4.69, 9.17) is 9.47 Å². The molecular formula is C20H25N9O8. The van der Waals surface area contributed by atoms with Gasteiger partial charge in [-0.2, -0.15) is 10.1 Å². The van der Waals surface area contributed by atoms with Crippen LogP contribution in [0.25, 0.3) is 0 Å². The lowest BCUT2D eigenvalue weighted by atomic mass is 10.2. The van der Waals surface area contributed by atoms with Gasteiger partial charge < -0.3 is 24.5 Å². The van der Waals surface area contributed by atoms with Crippen molar-refractivity contribution in [2.45, 2.75) is 6.54 Å². The summed E-state index contributed by atoms with van der Waals surface area (Å²) in [5.41, 5.74) is 2.05. The monoisotopic (exact) mass is 519 g/mol. The zero-order valence-corrected chi connectivity index (χ0v) is 19.7. The Morgan fingerprint density at radius 3 is 2.24 bits per heavy atom. The maximum atomic E-state index is 12.0. The van der Waals surface area contributed by atoms with Crippen LogP contribution in [0.15, 0.2) is 29.6 Å². The molecule has 4 rings (SSSR count). The van der Waals surface area contributed by atoms with Gasteiger partial charge in [0.05, 0.1) is 48.1 Å². The van der Waals surface area contributed by atoms with Gasteiger partial charge in [-0.05, 0) is 11.0 Å². The normalized spacial score (nSPS) is 17.0. The van der Waals surface area contributed by atoms with Crippen molar-refractivity contribution in [1.82, 2.24) is 14.5 Å². The molecule has 2 aromatic rings. The van der Waals surface area contributed by atoms with E-state index in [1.54, 1.807) is 4.90 Å². The first-order valence-corrected chi connectivity index (χ1v) is 11.4. The van der Waals surface area contributed by atoms with E-state index in [1.807, 2.05) is 4.90 Å². The summed E-state index contributed by atoms with van der Waals surface area (Å²) in [6, 6.07) is 3.17. The predicted molar refractivity (Wildman–Crippen MR) is 130 cm³/mol. The minimum absolute atomic E-state index is 0.0151. The topological polar surface area (TPSA) is 197 Å². The number of benzene rings is 1. The number of aromatic nitrogens is 2. The van der Waals surface area contributed by atoms with E-state index >= 15 is 0 Å². The van der Waals surface area contributed by atoms with E-state index in [-0.39, 0.29) is 23.9 Å². The second-order valence-corrected chi connectivity index (χ2v) is 8.27. The SMILES string of the molecule is O=[N+]([O-])c1ccc(N/N=C(/CN2CCOCC2)Cn2cnc(N3CCOCC3)c2[N+](=O)[O-])c([N+](=O)[O-])c1. The van der Waals surface area contributed by atoms with Crippen LogP contribution in [0.2, 0.25) is 0 Å². The molecule has 37 heavy (non-hydrogen) atoms. The fourth-order valence-corrected chi connectivity index (χ4v) is 4.02. The Morgan fingerprint density at radius 1 is 0.946 bits per heavy atom. The Bertz CT molecular complexity index is 1190. The third kappa shape index (κ3) is 6.32. The Morgan fingerprint density at radius 2 is 1.62 bits per heavy atom. The number of nitro groups is 3. The molecule has 0 radical (unpaired) electrons. The molecule has 0 saturated carbocycles. The van der Waals surface area contributed by atoms with Crippen LogP contribution in [0.4, 0.5) is 28.7 Å². The van der Waals surface area contributed by atoms with Crippen LogP contribution < -0.4 is 10.3 Å². The molecule has 17 nitrogen and oxygen atoms in total. The lowest BCUT2D eigenvalue weighted by molar-refractivity contribution is -0.393. The van der Waals surface area contributed by atoms with Gasteiger partial charge >= 0.3 is 11.5 Å². The molecular weight excluding hydrogens is 494 g/mol. The first-order chi connectivity index (χ1) is 17.8. The summed E-state index contributed by atoms with van der Waals surface area (Å²) < 4.78 is 12.1. The third-order valence-electron chi connectivity index (χ3n) is 5.86. The minimum atomic E-state index is -0.748. The Balaban J connectivity index is 1.63. The number of rotatable bonds is 10. The van der Waals surface area contributed by atoms with Crippen LogP contribution in [0.5, 0.6) is 0 Å². The highest BCUT2D eigenvalue weighted by molar-refractivity contribution is 5.87. The number of hydrogen-bond acceptors (Lipinski definition) is 13. The maximum absolute atomic E-state index is 12.0. The highest BCUT2D eigenvalue weighted by atomic mass is 16.6. The van der Waals surface area contributed by atoms with Crippen molar-refractivity contribution < 1.29 is 24.2 Å². The molecule has 0 unspecified atom stereocenters. The van der Waals surface area contributed by atoms with Gasteiger partial charge in [-0.25, -0.2) is 4.57 Å². The van der Waals surface area contributed by atoms with E-state index in [0.29, 0.717) is 64.9 Å². The van der Waals surface area contributed by atoms with Crippen molar-refractivity contribution >= 4 is 34.4 Å². The molecule has 2 saturated heterocycles. The minimum Gasteiger partial charge on any atom is -0.379 e. The first kappa shape index (κ1) is 25.9. The third-order valence-corrected chi connectivity index (χ3v) is 5.86. The maximum Gasteiger partial charge on any atom is 0.367 e. The predicted octanol–water partition coefficient (Wildman–Crippen LogP) is 1.24. The van der Waals surface area contributed by atoms with Gasteiger partial charge in [0.2, 0.25) is 5.82 Å². The molecule has 0 bridgehead atoms. The van der Waals surface area contributed by atoms with E-state index in [2.05, 4.69) is 15.5 Å². The molecule has 1 aromatic carbocycles. The van der Waals surface area contributed by atoms with Gasteiger partial charge in [-0.1, -0.05) is 0 Å². The van der Waals surface area contributed by atoms with Crippen molar-refractivity contribution in [2.24, 2.45) is 5.10 Å². The summed E-state index contributed by atoms with van der Waals surface area (Å²) in [6.07, 6.45) is 1.37. The molecule has 198 valence electrons. The Kier molecular flexibility index (Phi) is 8.16. The van der Waals surface area contributed by atoms with Crippen LogP contribution in [-0.4, -0.2) is 94.1 Å². The lowest BCUT2D eigenvalue weighted by Gasteiger charge is -2.27. The standard InChI is InChI=1S/C20H25N9O8/c30-27(31)16-1-2-17(18(11-16)28(32)33)23-22-15(12-24-3-7-36-8-4-24)13-26-14-21-19(20(26)29(34)35)25-5-9-37-10-6-25/h1-2,11,14,23H,3-10,12-13H2/b22-15-. The number of nitrogens with zero attached hydrogens (tertiary/aromatic N) is 8. The molecule has 17 heteroatoms. The average molecular weight is 519 g/mol. The van der Waals surface area contributed by atoms with E-state index in [9.17, 15) is 30.3 Å². The molecule has 2 aliphatic rings. The summed E-state index contributed by atoms with van der Waals surface area (Å²) >= 11 is 0. The molecule has 0 aliphatic carbocycles. The Labute approximate surface area is 209 Å². The van der Waals surface area contributed by atoms with Crippen molar-refractivity contribution in [2.75, 3.05) is 69.5 Å². The molecule has 2 fully saturated rings. The quantitative estimate of drug-likeness (QED) is 0.268. The number of nitro benzene ring substituents is 2. The van der Waals surface area contributed by atoms with E-state index in [1.165, 1.54) is 17.0 Å². The van der Waals surface area contributed by atoms with Gasteiger partial charge in [-0.15, -0.1) is 0 Å². The highest BCUT2D eigenvalue weighted by Gasteiger charge is 2.29. The zero-order chi connectivity index (χ0) is 26.4. The molecule has 2 aliphatic heterocycles. The molecule has 1 N–H and O–H groups in total. The first-order valence-electron chi connectivity index (χ1n) is 11.4. The van der Waals surface area contributed by atoms with Crippen molar-refractivity contribution in [3.8, 4) is 0 Å². The van der Waals surface area contributed by atoms with E-state index in [0.717, 1.165) is 12.1 Å². The second-order valence-electron chi connectivity index (χ2n) is 8.27. The van der Waals surface area contributed by atoms with Crippen molar-refractivity contribution in [3.63, 3.8) is 0 Å². The fourth-order valence-electron chi connectivity index (χ4n) is 4.02. The smallest absolute Gasteiger partial charge is 0.367 e.